The van der Waals surface area contributed by atoms with Crippen molar-refractivity contribution < 1.29 is 42.3 Å². The summed E-state index contributed by atoms with van der Waals surface area (Å²) in [5.74, 6) is -1.42. The molecule has 6 rings (SSSR count). The zero-order valence-corrected chi connectivity index (χ0v) is 27.0. The van der Waals surface area contributed by atoms with Gasteiger partial charge in [0.05, 0.1) is 28.8 Å². The molecule has 2 aromatic carbocycles. The van der Waals surface area contributed by atoms with Gasteiger partial charge in [-0.1, -0.05) is 43.7 Å². The van der Waals surface area contributed by atoms with Crippen LogP contribution in [0.4, 0.5) is 11.4 Å². The summed E-state index contributed by atoms with van der Waals surface area (Å²) in [5, 5.41) is 31.8. The van der Waals surface area contributed by atoms with Gasteiger partial charge in [-0.15, -0.1) is 0 Å². The molecule has 0 bridgehead atoms. The van der Waals surface area contributed by atoms with Crippen LogP contribution in [0.2, 0.25) is 0 Å². The summed E-state index contributed by atoms with van der Waals surface area (Å²) in [6.45, 7) is 3.33. The molecular weight excluding hydrogens is 624 g/mol. The number of carbonyl (C=O) groups excluding carboxylic acids is 3. The standard InChI is InChI=1S/C35H38N2O9S/c1-33-15-13-24(38)18-22(33)7-12-26-27-14-16-35(42,34(27,2)19-29(39)32(26)33)30(40)20-46-31(41)17-21-5-3-4-6-28(21)37-36-23-8-10-25(11-9-23)47(43,44)45/h3-6,8-11,13,15,18,26-27,29,32,39,42H,7,12,14,16-17,19-20H2,1-2H3,(H,43,44,45)/b37-36+. The summed E-state index contributed by atoms with van der Waals surface area (Å²) in [7, 11) is -4.34. The molecule has 4 aliphatic rings. The molecule has 7 unspecified atom stereocenters. The molecule has 12 heteroatoms. The van der Waals surface area contributed by atoms with Crippen molar-refractivity contribution in [2.45, 2.75) is 69.0 Å². The van der Waals surface area contributed by atoms with Gasteiger partial charge in [0.15, 0.2) is 12.4 Å². The fraction of sp³-hybridized carbons (Fsp3) is 0.457. The fourth-order valence-electron chi connectivity index (χ4n) is 8.81. The lowest BCUT2D eigenvalue weighted by molar-refractivity contribution is -0.181. The predicted molar refractivity (Wildman–Crippen MR) is 170 cm³/mol. The highest BCUT2D eigenvalue weighted by Crippen LogP contribution is 2.67. The Kier molecular flexibility index (Phi) is 8.44. The number of ether oxygens (including phenoxy) is 1. The first kappa shape index (κ1) is 33.1. The highest BCUT2D eigenvalue weighted by Gasteiger charge is 2.68. The Morgan fingerprint density at radius 1 is 1.04 bits per heavy atom. The summed E-state index contributed by atoms with van der Waals surface area (Å²) < 4.78 is 37.1. The molecular formula is C35H38N2O9S. The number of allylic oxidation sites excluding steroid dienone is 4. The third kappa shape index (κ3) is 5.81. The van der Waals surface area contributed by atoms with Crippen LogP contribution in [-0.2, 0) is 35.7 Å². The van der Waals surface area contributed by atoms with Gasteiger partial charge in [-0.05, 0) is 92.0 Å². The number of aliphatic hydroxyl groups is 2. The highest BCUT2D eigenvalue weighted by atomic mass is 32.2. The minimum Gasteiger partial charge on any atom is -0.457 e. The van der Waals surface area contributed by atoms with Crippen LogP contribution >= 0.6 is 0 Å². The second kappa shape index (κ2) is 12.0. The number of nitrogens with zero attached hydrogens (tertiary/aromatic N) is 2. The Labute approximate surface area is 273 Å². The van der Waals surface area contributed by atoms with Gasteiger partial charge in [-0.3, -0.25) is 18.9 Å². The van der Waals surface area contributed by atoms with E-state index in [-0.39, 0.29) is 47.7 Å². The molecule has 248 valence electrons. The summed E-state index contributed by atoms with van der Waals surface area (Å²) in [6, 6.07) is 11.8. The largest absolute Gasteiger partial charge is 0.457 e. The maximum absolute atomic E-state index is 13.6. The summed E-state index contributed by atoms with van der Waals surface area (Å²) in [6.07, 6.45) is 6.69. The van der Waals surface area contributed by atoms with E-state index >= 15 is 0 Å². The molecule has 0 saturated heterocycles. The van der Waals surface area contributed by atoms with Gasteiger partial charge in [0, 0.05) is 16.7 Å². The number of benzene rings is 2. The average Bonchev–Trinajstić information content (AvgIpc) is 3.30. The smallest absolute Gasteiger partial charge is 0.310 e. The monoisotopic (exact) mass is 662 g/mol. The number of carbonyl (C=O) groups is 3. The molecule has 0 radical (unpaired) electrons. The third-order valence-corrected chi connectivity index (χ3v) is 12.1. The van der Waals surface area contributed by atoms with Crippen LogP contribution in [0.3, 0.4) is 0 Å². The number of hydrogen-bond acceptors (Lipinski definition) is 10. The number of aliphatic hydroxyl groups excluding tert-OH is 1. The Bertz CT molecular complexity index is 1820. The molecule has 0 amide bonds. The number of rotatable bonds is 8. The van der Waals surface area contributed by atoms with Gasteiger partial charge in [0.25, 0.3) is 10.1 Å². The van der Waals surface area contributed by atoms with E-state index in [1.165, 1.54) is 24.3 Å². The number of azo groups is 1. The van der Waals surface area contributed by atoms with Crippen molar-refractivity contribution in [3.63, 3.8) is 0 Å². The highest BCUT2D eigenvalue weighted by molar-refractivity contribution is 7.85. The molecule has 0 aliphatic heterocycles. The lowest BCUT2D eigenvalue weighted by Gasteiger charge is -2.59. The molecule has 11 nitrogen and oxygen atoms in total. The molecule has 4 aliphatic carbocycles. The molecule has 3 saturated carbocycles. The second-order valence-corrected chi connectivity index (χ2v) is 15.1. The van der Waals surface area contributed by atoms with Crippen molar-refractivity contribution in [1.29, 1.82) is 0 Å². The van der Waals surface area contributed by atoms with Crippen LogP contribution in [0.25, 0.3) is 0 Å². The normalized spacial score (nSPS) is 33.1. The average molecular weight is 663 g/mol. The van der Waals surface area contributed by atoms with Crippen LogP contribution < -0.4 is 0 Å². The van der Waals surface area contributed by atoms with E-state index in [9.17, 15) is 33.0 Å². The quantitative estimate of drug-likeness (QED) is 0.199. The zero-order chi connectivity index (χ0) is 33.8. The summed E-state index contributed by atoms with van der Waals surface area (Å²) in [5.41, 5.74) is -0.939. The van der Waals surface area contributed by atoms with Crippen LogP contribution in [-0.4, -0.2) is 59.0 Å². The van der Waals surface area contributed by atoms with Gasteiger partial charge in [-0.25, -0.2) is 0 Å². The van der Waals surface area contributed by atoms with Crippen molar-refractivity contribution in [2.24, 2.45) is 38.8 Å². The van der Waals surface area contributed by atoms with E-state index in [1.54, 1.807) is 36.4 Å². The Hall–Kier alpha value is -3.84. The second-order valence-electron chi connectivity index (χ2n) is 13.7. The minimum absolute atomic E-state index is 0.0218. The van der Waals surface area contributed by atoms with Crippen molar-refractivity contribution >= 4 is 39.0 Å². The van der Waals surface area contributed by atoms with Crippen molar-refractivity contribution in [3.8, 4) is 0 Å². The van der Waals surface area contributed by atoms with Gasteiger partial charge in [-0.2, -0.15) is 18.6 Å². The van der Waals surface area contributed by atoms with Gasteiger partial charge < -0.3 is 14.9 Å². The first-order chi connectivity index (χ1) is 22.2. The van der Waals surface area contributed by atoms with E-state index in [2.05, 4.69) is 17.2 Å². The summed E-state index contributed by atoms with van der Waals surface area (Å²) >= 11 is 0. The fourth-order valence-corrected chi connectivity index (χ4v) is 9.29. The number of esters is 1. The molecule has 7 atom stereocenters. The van der Waals surface area contributed by atoms with Crippen molar-refractivity contribution in [1.82, 2.24) is 0 Å². The number of ketones is 2. The molecule has 47 heavy (non-hydrogen) atoms. The molecule has 3 fully saturated rings. The molecule has 0 spiro atoms. The van der Waals surface area contributed by atoms with Gasteiger partial charge in [0.1, 0.15) is 5.60 Å². The minimum atomic E-state index is -4.34. The van der Waals surface area contributed by atoms with E-state index in [0.29, 0.717) is 23.4 Å². The number of hydrogen-bond donors (Lipinski definition) is 3. The van der Waals surface area contributed by atoms with Gasteiger partial charge in [0.2, 0.25) is 5.78 Å². The molecule has 2 aromatic rings. The van der Waals surface area contributed by atoms with Crippen molar-refractivity contribution in [2.75, 3.05) is 6.61 Å². The maximum atomic E-state index is 13.6. The van der Waals surface area contributed by atoms with E-state index in [1.807, 2.05) is 13.0 Å². The lowest BCUT2D eigenvalue weighted by Crippen LogP contribution is -2.61. The Balaban J connectivity index is 1.11. The predicted octanol–water partition coefficient (Wildman–Crippen LogP) is 5.01. The molecule has 3 N–H and O–H groups in total. The van der Waals surface area contributed by atoms with Crippen LogP contribution in [0.15, 0.2) is 87.5 Å². The maximum Gasteiger partial charge on any atom is 0.310 e. The van der Waals surface area contributed by atoms with Crippen LogP contribution in [0, 0.1) is 28.6 Å². The molecule has 0 aromatic heterocycles. The molecule has 0 heterocycles. The summed E-state index contributed by atoms with van der Waals surface area (Å²) in [4.78, 5) is 38.3. The lowest BCUT2D eigenvalue weighted by atomic mass is 9.46. The SMILES string of the molecule is CC12C=CC(=O)C=C1CCC1C2C(O)CC2(C)C1CCC2(O)C(=O)COC(=O)Cc1ccccc1/N=N/c1ccc(S(=O)(=O)O)cc1. The van der Waals surface area contributed by atoms with E-state index < -0.39 is 51.0 Å². The number of Topliss-reactive ketones (excluding diaryl/α,β-unsaturated/α-hetero) is 1. The first-order valence-electron chi connectivity index (χ1n) is 15.8. The Morgan fingerprint density at radius 2 is 1.77 bits per heavy atom. The Morgan fingerprint density at radius 3 is 2.49 bits per heavy atom. The van der Waals surface area contributed by atoms with Crippen LogP contribution in [0.5, 0.6) is 0 Å². The van der Waals surface area contributed by atoms with E-state index in [0.717, 1.165) is 18.4 Å². The van der Waals surface area contributed by atoms with E-state index in [4.69, 9.17) is 9.29 Å². The third-order valence-electron chi connectivity index (χ3n) is 11.2. The number of fused-ring (bicyclic) bond motifs is 5. The topological polar surface area (TPSA) is 180 Å². The van der Waals surface area contributed by atoms with Gasteiger partial charge >= 0.3 is 5.97 Å². The van der Waals surface area contributed by atoms with Crippen LogP contribution in [0.1, 0.15) is 51.5 Å². The first-order valence-corrected chi connectivity index (χ1v) is 17.2. The zero-order valence-electron chi connectivity index (χ0n) is 26.2. The van der Waals surface area contributed by atoms with Crippen molar-refractivity contribution in [3.05, 3.63) is 77.9 Å².